The van der Waals surface area contributed by atoms with Crippen LogP contribution in [-0.2, 0) is 12.8 Å². The van der Waals surface area contributed by atoms with Crippen LogP contribution in [0.2, 0.25) is 0 Å². The van der Waals surface area contributed by atoms with Gasteiger partial charge >= 0.3 is 0 Å². The normalized spacial score (nSPS) is 10.5. The molecule has 2 aromatic rings. The summed E-state index contributed by atoms with van der Waals surface area (Å²) in [5, 5.41) is 2.90. The van der Waals surface area contributed by atoms with Crippen molar-refractivity contribution >= 4 is 11.8 Å². The van der Waals surface area contributed by atoms with Crippen molar-refractivity contribution in [3.8, 4) is 0 Å². The van der Waals surface area contributed by atoms with E-state index in [0.29, 0.717) is 29.7 Å². The van der Waals surface area contributed by atoms with Crippen molar-refractivity contribution < 1.29 is 9.59 Å². The first kappa shape index (κ1) is 18.7. The van der Waals surface area contributed by atoms with Crippen molar-refractivity contribution in [3.05, 3.63) is 69.8 Å². The highest BCUT2D eigenvalue weighted by molar-refractivity contribution is 6.02. The van der Waals surface area contributed by atoms with E-state index in [1.54, 1.807) is 6.07 Å². The molecule has 4 heteroatoms. The number of benzene rings is 2. The van der Waals surface area contributed by atoms with E-state index in [-0.39, 0.29) is 5.91 Å². The van der Waals surface area contributed by atoms with E-state index < -0.39 is 5.91 Å². The molecule has 2 amide bonds. The molecule has 0 heterocycles. The van der Waals surface area contributed by atoms with Crippen LogP contribution in [-0.4, -0.2) is 18.4 Å². The summed E-state index contributed by atoms with van der Waals surface area (Å²) in [6.45, 7) is 6.57. The van der Waals surface area contributed by atoms with Crippen molar-refractivity contribution in [1.29, 1.82) is 0 Å². The lowest BCUT2D eigenvalue weighted by atomic mass is 9.91. The molecule has 0 aliphatic rings. The third-order valence-corrected chi connectivity index (χ3v) is 4.22. The Bertz CT molecular complexity index is 781. The number of amides is 2. The summed E-state index contributed by atoms with van der Waals surface area (Å²) in [6, 6.07) is 11.8. The van der Waals surface area contributed by atoms with Crippen molar-refractivity contribution in [3.63, 3.8) is 0 Å². The second kappa shape index (κ2) is 8.47. The van der Waals surface area contributed by atoms with E-state index >= 15 is 0 Å². The highest BCUT2D eigenvalue weighted by Crippen LogP contribution is 2.22. The average molecular weight is 338 g/mol. The zero-order valence-corrected chi connectivity index (χ0v) is 15.2. The number of carbonyl (C=O) groups excluding carboxylic acids is 2. The summed E-state index contributed by atoms with van der Waals surface area (Å²) in [5.41, 5.74) is 10.4. The Morgan fingerprint density at radius 3 is 2.36 bits per heavy atom. The number of aryl methyl sites for hydroxylation is 2. The summed E-state index contributed by atoms with van der Waals surface area (Å²) in [7, 11) is 0. The van der Waals surface area contributed by atoms with Crippen LogP contribution < -0.4 is 11.1 Å². The summed E-state index contributed by atoms with van der Waals surface area (Å²) in [5.74, 6) is -0.662. The van der Waals surface area contributed by atoms with Gasteiger partial charge < -0.3 is 11.1 Å². The number of hydrogen-bond acceptors (Lipinski definition) is 2. The first-order chi connectivity index (χ1) is 12.0. The quantitative estimate of drug-likeness (QED) is 0.812. The molecule has 0 unspecified atom stereocenters. The van der Waals surface area contributed by atoms with Gasteiger partial charge in [-0.2, -0.15) is 0 Å². The van der Waals surface area contributed by atoms with Crippen LogP contribution in [0.1, 0.15) is 63.2 Å². The summed E-state index contributed by atoms with van der Waals surface area (Å²) in [6.07, 6.45) is 2.30. The van der Waals surface area contributed by atoms with E-state index in [4.69, 9.17) is 5.73 Å². The van der Waals surface area contributed by atoms with Gasteiger partial charge in [0.05, 0.1) is 0 Å². The summed E-state index contributed by atoms with van der Waals surface area (Å²) >= 11 is 0. The molecule has 0 atom stereocenters. The second-order valence-corrected chi connectivity index (χ2v) is 6.31. The smallest absolute Gasteiger partial charge is 0.251 e. The number of nitrogens with one attached hydrogen (secondary N) is 1. The minimum atomic E-state index is -0.505. The maximum Gasteiger partial charge on any atom is 0.251 e. The van der Waals surface area contributed by atoms with Gasteiger partial charge in [0.2, 0.25) is 5.91 Å². The number of carbonyl (C=O) groups is 2. The van der Waals surface area contributed by atoms with Crippen LogP contribution in [0, 0.1) is 6.92 Å². The van der Waals surface area contributed by atoms with E-state index in [1.807, 2.05) is 32.0 Å². The Morgan fingerprint density at radius 2 is 1.72 bits per heavy atom. The lowest BCUT2D eigenvalue weighted by molar-refractivity contribution is 0.0952. The molecule has 25 heavy (non-hydrogen) atoms. The number of rotatable bonds is 7. The van der Waals surface area contributed by atoms with Crippen molar-refractivity contribution in [1.82, 2.24) is 5.32 Å². The molecule has 0 saturated carbocycles. The molecular weight excluding hydrogens is 312 g/mol. The van der Waals surface area contributed by atoms with Crippen LogP contribution in [0.15, 0.2) is 36.4 Å². The van der Waals surface area contributed by atoms with Crippen LogP contribution in [0.3, 0.4) is 0 Å². The molecule has 2 rings (SSSR count). The molecule has 0 saturated heterocycles. The van der Waals surface area contributed by atoms with Crippen LogP contribution in [0.5, 0.6) is 0 Å². The minimum Gasteiger partial charge on any atom is -0.366 e. The lowest BCUT2D eigenvalue weighted by Crippen LogP contribution is -2.27. The van der Waals surface area contributed by atoms with E-state index in [0.717, 1.165) is 24.0 Å². The first-order valence-corrected chi connectivity index (χ1v) is 8.75. The third kappa shape index (κ3) is 4.69. The van der Waals surface area contributed by atoms with Gasteiger partial charge in [0.15, 0.2) is 0 Å². The Hall–Kier alpha value is -2.62. The zero-order chi connectivity index (χ0) is 18.4. The second-order valence-electron chi connectivity index (χ2n) is 6.31. The van der Waals surface area contributed by atoms with Crippen molar-refractivity contribution in [2.24, 2.45) is 5.73 Å². The standard InChI is InChI=1S/C21H26N2O2/c1-4-9-23-21(25)19-11-14(3)10-18(20(22)24)17(19)13-16-8-6-7-15(5-2)12-16/h6-8,10-12H,4-5,9,13H2,1-3H3,(H2,22,24)(H,23,25). The van der Waals surface area contributed by atoms with Gasteiger partial charge in [-0.05, 0) is 60.6 Å². The van der Waals surface area contributed by atoms with Gasteiger partial charge in [-0.25, -0.2) is 0 Å². The monoisotopic (exact) mass is 338 g/mol. The molecule has 4 nitrogen and oxygen atoms in total. The largest absolute Gasteiger partial charge is 0.366 e. The fraction of sp³-hybridized carbons (Fsp3) is 0.333. The summed E-state index contributed by atoms with van der Waals surface area (Å²) < 4.78 is 0. The van der Waals surface area contributed by atoms with Crippen LogP contribution >= 0.6 is 0 Å². The lowest BCUT2D eigenvalue weighted by Gasteiger charge is -2.15. The molecule has 0 fully saturated rings. The number of primary amides is 1. The fourth-order valence-corrected chi connectivity index (χ4v) is 2.93. The molecule has 0 aliphatic carbocycles. The molecule has 0 radical (unpaired) electrons. The predicted molar refractivity (Wildman–Crippen MR) is 101 cm³/mol. The molecule has 132 valence electrons. The van der Waals surface area contributed by atoms with Crippen molar-refractivity contribution in [2.45, 2.75) is 40.0 Å². The maximum atomic E-state index is 12.6. The zero-order valence-electron chi connectivity index (χ0n) is 15.2. The van der Waals surface area contributed by atoms with Crippen LogP contribution in [0.4, 0.5) is 0 Å². The SMILES string of the molecule is CCCNC(=O)c1cc(C)cc(C(N)=O)c1Cc1cccc(CC)c1. The molecule has 3 N–H and O–H groups in total. The third-order valence-electron chi connectivity index (χ3n) is 4.22. The van der Waals surface area contributed by atoms with Crippen LogP contribution in [0.25, 0.3) is 0 Å². The van der Waals surface area contributed by atoms with E-state index in [2.05, 4.69) is 24.4 Å². The highest BCUT2D eigenvalue weighted by Gasteiger charge is 2.19. The van der Waals surface area contributed by atoms with Gasteiger partial charge in [-0.3, -0.25) is 9.59 Å². The molecule has 0 aliphatic heterocycles. The Labute approximate surface area is 149 Å². The Kier molecular flexibility index (Phi) is 6.34. The molecule has 0 aromatic heterocycles. The minimum absolute atomic E-state index is 0.158. The molecular formula is C21H26N2O2. The van der Waals surface area contributed by atoms with Gasteiger partial charge in [-0.1, -0.05) is 38.1 Å². The Balaban J connectivity index is 2.51. The first-order valence-electron chi connectivity index (χ1n) is 8.75. The molecule has 0 spiro atoms. The molecule has 2 aromatic carbocycles. The van der Waals surface area contributed by atoms with Crippen molar-refractivity contribution in [2.75, 3.05) is 6.54 Å². The van der Waals surface area contributed by atoms with Gasteiger partial charge in [0, 0.05) is 17.7 Å². The highest BCUT2D eigenvalue weighted by atomic mass is 16.2. The number of hydrogen-bond donors (Lipinski definition) is 2. The summed E-state index contributed by atoms with van der Waals surface area (Å²) in [4.78, 5) is 24.6. The van der Waals surface area contributed by atoms with Gasteiger partial charge in [0.1, 0.15) is 0 Å². The predicted octanol–water partition coefficient (Wildman–Crippen LogP) is 3.39. The fourth-order valence-electron chi connectivity index (χ4n) is 2.93. The van der Waals surface area contributed by atoms with Gasteiger partial charge in [0.25, 0.3) is 5.91 Å². The van der Waals surface area contributed by atoms with E-state index in [9.17, 15) is 9.59 Å². The maximum absolute atomic E-state index is 12.6. The number of nitrogens with two attached hydrogens (primary N) is 1. The Morgan fingerprint density at radius 1 is 1.04 bits per heavy atom. The molecule has 0 bridgehead atoms. The van der Waals surface area contributed by atoms with Gasteiger partial charge in [-0.15, -0.1) is 0 Å². The topological polar surface area (TPSA) is 72.2 Å². The van der Waals surface area contributed by atoms with E-state index in [1.165, 1.54) is 5.56 Å². The average Bonchev–Trinajstić information content (AvgIpc) is 2.60.